The summed E-state index contributed by atoms with van der Waals surface area (Å²) < 4.78 is 7.66. The third kappa shape index (κ3) is 4.65. The Kier molecular flexibility index (Phi) is 6.08. The van der Waals surface area contributed by atoms with Crippen LogP contribution in [0.25, 0.3) is 5.69 Å². The third-order valence-electron chi connectivity index (χ3n) is 4.18. The maximum absolute atomic E-state index is 11.9. The average molecular weight is 382 g/mol. The van der Waals surface area contributed by atoms with E-state index in [9.17, 15) is 4.79 Å². The quantitative estimate of drug-likeness (QED) is 0.491. The van der Waals surface area contributed by atoms with Crippen LogP contribution in [0.4, 0.5) is 0 Å². The molecule has 0 fully saturated rings. The molecular formula is C21H23N3O2S. The van der Waals surface area contributed by atoms with Crippen LogP contribution in [0.2, 0.25) is 0 Å². The molecule has 0 aliphatic rings. The molecule has 6 heteroatoms. The number of thiophene rings is 1. The zero-order valence-corrected chi connectivity index (χ0v) is 16.5. The van der Waals surface area contributed by atoms with Gasteiger partial charge in [0.2, 0.25) is 5.91 Å². The highest BCUT2D eigenvalue weighted by atomic mass is 32.1. The molecule has 0 radical (unpaired) electrons. The molecule has 1 amide bonds. The minimum absolute atomic E-state index is 0.117. The number of hydrazone groups is 1. The number of hydrogen-bond donors (Lipinski definition) is 1. The average Bonchev–Trinajstić information content (AvgIpc) is 3.24. The van der Waals surface area contributed by atoms with Gasteiger partial charge in [-0.05, 0) is 62.5 Å². The van der Waals surface area contributed by atoms with E-state index in [0.29, 0.717) is 13.0 Å². The van der Waals surface area contributed by atoms with Crippen molar-refractivity contribution in [2.24, 2.45) is 5.10 Å². The maximum Gasteiger partial charge on any atom is 0.245 e. The highest BCUT2D eigenvalue weighted by Gasteiger charge is 2.10. The fraction of sp³-hybridized carbons (Fsp3) is 0.238. The Morgan fingerprint density at radius 2 is 2.04 bits per heavy atom. The maximum atomic E-state index is 11.9. The summed E-state index contributed by atoms with van der Waals surface area (Å²) in [4.78, 5) is 13.0. The van der Waals surface area contributed by atoms with Gasteiger partial charge < -0.3 is 9.30 Å². The van der Waals surface area contributed by atoms with Crippen molar-refractivity contribution < 1.29 is 9.53 Å². The summed E-state index contributed by atoms with van der Waals surface area (Å²) in [6.07, 6.45) is 2.04. The number of carbonyl (C=O) groups excluding carboxylic acids is 1. The van der Waals surface area contributed by atoms with Crippen molar-refractivity contribution in [1.29, 1.82) is 0 Å². The number of nitrogens with one attached hydrogen (secondary N) is 1. The van der Waals surface area contributed by atoms with E-state index in [0.717, 1.165) is 33.3 Å². The number of carbonyl (C=O) groups is 1. The van der Waals surface area contributed by atoms with E-state index in [-0.39, 0.29) is 5.91 Å². The van der Waals surface area contributed by atoms with Crippen molar-refractivity contribution in [3.05, 3.63) is 69.7 Å². The van der Waals surface area contributed by atoms with Crippen molar-refractivity contribution in [1.82, 2.24) is 9.99 Å². The largest absolute Gasteiger partial charge is 0.494 e. The Morgan fingerprint density at radius 3 is 2.70 bits per heavy atom. The number of ether oxygens (including phenoxy) is 1. The van der Waals surface area contributed by atoms with E-state index >= 15 is 0 Å². The molecule has 0 aliphatic carbocycles. The lowest BCUT2D eigenvalue weighted by molar-refractivity contribution is -0.120. The van der Waals surface area contributed by atoms with Crippen molar-refractivity contribution >= 4 is 23.5 Å². The number of aryl methyl sites for hydroxylation is 1. The first kappa shape index (κ1) is 18.9. The highest BCUT2D eigenvalue weighted by molar-refractivity contribution is 7.10. The minimum atomic E-state index is -0.117. The topological polar surface area (TPSA) is 55.6 Å². The molecule has 0 saturated carbocycles. The van der Waals surface area contributed by atoms with Crippen LogP contribution in [0.15, 0.2) is 52.9 Å². The monoisotopic (exact) mass is 381 g/mol. The second-order valence-corrected chi connectivity index (χ2v) is 7.17. The molecule has 0 aliphatic heterocycles. The van der Waals surface area contributed by atoms with Gasteiger partial charge in [-0.3, -0.25) is 4.79 Å². The standard InChI is InChI=1S/C21H23N3O2S/c1-4-26-19-9-7-18(8-10-19)24-15(2)12-17(16(24)3)14-22-23-21(25)13-20-6-5-11-27-20/h5-12,14H,4,13H2,1-3H3,(H,23,25). The van der Waals surface area contributed by atoms with E-state index in [1.807, 2.05) is 55.6 Å². The van der Waals surface area contributed by atoms with Crippen LogP contribution in [-0.4, -0.2) is 23.3 Å². The molecule has 2 heterocycles. The molecule has 1 N–H and O–H groups in total. The first-order valence-electron chi connectivity index (χ1n) is 8.85. The van der Waals surface area contributed by atoms with Gasteiger partial charge >= 0.3 is 0 Å². The molecule has 2 aromatic heterocycles. The molecule has 5 nitrogen and oxygen atoms in total. The summed E-state index contributed by atoms with van der Waals surface area (Å²) in [5, 5.41) is 6.08. The van der Waals surface area contributed by atoms with Gasteiger partial charge in [-0.15, -0.1) is 11.3 Å². The SMILES string of the molecule is CCOc1ccc(-n2c(C)cc(C=NNC(=O)Cc3cccs3)c2C)cc1. The summed E-state index contributed by atoms with van der Waals surface area (Å²) in [6.45, 7) is 6.72. The third-order valence-corrected chi connectivity index (χ3v) is 5.06. The zero-order chi connectivity index (χ0) is 19.2. The van der Waals surface area contributed by atoms with E-state index in [2.05, 4.69) is 28.1 Å². The Balaban J connectivity index is 1.70. The second kappa shape index (κ2) is 8.68. The van der Waals surface area contributed by atoms with Crippen molar-refractivity contribution in [2.45, 2.75) is 27.2 Å². The lowest BCUT2D eigenvalue weighted by Crippen LogP contribution is -2.19. The van der Waals surface area contributed by atoms with Gasteiger partial charge in [-0.1, -0.05) is 6.07 Å². The molecule has 1 aromatic carbocycles. The normalized spacial score (nSPS) is 11.1. The molecule has 0 saturated heterocycles. The van der Waals surface area contributed by atoms with Gasteiger partial charge in [0.15, 0.2) is 0 Å². The zero-order valence-electron chi connectivity index (χ0n) is 15.7. The van der Waals surface area contributed by atoms with E-state index < -0.39 is 0 Å². The molecule has 0 atom stereocenters. The van der Waals surface area contributed by atoms with Crippen LogP contribution in [-0.2, 0) is 11.2 Å². The minimum Gasteiger partial charge on any atom is -0.494 e. The van der Waals surface area contributed by atoms with Crippen LogP contribution < -0.4 is 10.2 Å². The Labute approximate surface area is 163 Å². The first-order chi connectivity index (χ1) is 13.1. The fourth-order valence-electron chi connectivity index (χ4n) is 2.96. The highest BCUT2D eigenvalue weighted by Crippen LogP contribution is 2.22. The van der Waals surface area contributed by atoms with E-state index in [1.165, 1.54) is 0 Å². The number of benzene rings is 1. The van der Waals surface area contributed by atoms with Gasteiger partial charge in [0.05, 0.1) is 19.2 Å². The van der Waals surface area contributed by atoms with Gasteiger partial charge in [0.25, 0.3) is 0 Å². The molecule has 3 aromatic rings. The lowest BCUT2D eigenvalue weighted by Gasteiger charge is -2.10. The number of amides is 1. The van der Waals surface area contributed by atoms with Crippen molar-refractivity contribution in [3.8, 4) is 11.4 Å². The number of aromatic nitrogens is 1. The van der Waals surface area contributed by atoms with Crippen LogP contribution in [0, 0.1) is 13.8 Å². The van der Waals surface area contributed by atoms with Crippen molar-refractivity contribution in [2.75, 3.05) is 6.61 Å². The molecule has 27 heavy (non-hydrogen) atoms. The van der Waals surface area contributed by atoms with Crippen LogP contribution in [0.5, 0.6) is 5.75 Å². The van der Waals surface area contributed by atoms with Gasteiger partial charge in [-0.25, -0.2) is 5.43 Å². The number of rotatable bonds is 7. The Morgan fingerprint density at radius 1 is 1.26 bits per heavy atom. The molecule has 140 valence electrons. The van der Waals surface area contributed by atoms with Crippen LogP contribution in [0.3, 0.4) is 0 Å². The Bertz CT molecular complexity index is 925. The van der Waals surface area contributed by atoms with Gasteiger partial charge in [-0.2, -0.15) is 5.10 Å². The summed E-state index contributed by atoms with van der Waals surface area (Å²) in [5.74, 6) is 0.743. The predicted octanol–water partition coefficient (Wildman–Crippen LogP) is 4.25. The lowest BCUT2D eigenvalue weighted by atomic mass is 10.2. The van der Waals surface area contributed by atoms with Crippen LogP contribution >= 0.6 is 11.3 Å². The summed E-state index contributed by atoms with van der Waals surface area (Å²) >= 11 is 1.57. The summed E-state index contributed by atoms with van der Waals surface area (Å²) in [5.41, 5.74) is 6.80. The Hall–Kier alpha value is -2.86. The number of hydrogen-bond acceptors (Lipinski definition) is 4. The summed E-state index contributed by atoms with van der Waals surface area (Å²) in [6, 6.07) is 13.9. The van der Waals surface area contributed by atoms with E-state index in [1.54, 1.807) is 17.6 Å². The van der Waals surface area contributed by atoms with Crippen molar-refractivity contribution in [3.63, 3.8) is 0 Å². The van der Waals surface area contributed by atoms with Gasteiger partial charge in [0, 0.05) is 27.5 Å². The molecule has 0 spiro atoms. The smallest absolute Gasteiger partial charge is 0.245 e. The first-order valence-corrected chi connectivity index (χ1v) is 9.73. The molecule has 3 rings (SSSR count). The van der Waals surface area contributed by atoms with Crippen LogP contribution in [0.1, 0.15) is 28.8 Å². The predicted molar refractivity (Wildman–Crippen MR) is 110 cm³/mol. The molecular weight excluding hydrogens is 358 g/mol. The number of nitrogens with zero attached hydrogens (tertiary/aromatic N) is 2. The second-order valence-electron chi connectivity index (χ2n) is 6.14. The van der Waals surface area contributed by atoms with E-state index in [4.69, 9.17) is 4.74 Å². The molecule has 0 bridgehead atoms. The fourth-order valence-corrected chi connectivity index (χ4v) is 3.66. The van der Waals surface area contributed by atoms with Gasteiger partial charge in [0.1, 0.15) is 5.75 Å². The summed E-state index contributed by atoms with van der Waals surface area (Å²) in [7, 11) is 0. The molecule has 0 unspecified atom stereocenters.